The average molecular weight is 246 g/mol. The zero-order valence-corrected chi connectivity index (χ0v) is 10.5. The van der Waals surface area contributed by atoms with Crippen LogP contribution in [0.4, 0.5) is 0 Å². The lowest BCUT2D eigenvalue weighted by Crippen LogP contribution is -1.70. The lowest BCUT2D eigenvalue weighted by atomic mass is 10.1. The first-order chi connectivity index (χ1) is 9.42. The van der Waals surface area contributed by atoms with Gasteiger partial charge in [-0.25, -0.2) is 0 Å². The molecule has 0 aliphatic heterocycles. The molecule has 0 amide bonds. The number of fused-ring (bicyclic) bond motifs is 1. The minimum atomic E-state index is 1.13. The summed E-state index contributed by atoms with van der Waals surface area (Å²) in [4.78, 5) is 0. The van der Waals surface area contributed by atoms with Crippen molar-refractivity contribution in [1.82, 2.24) is 0 Å². The van der Waals surface area contributed by atoms with Gasteiger partial charge in [-0.2, -0.15) is 0 Å². The van der Waals surface area contributed by atoms with Gasteiger partial charge in [-0.05, 0) is 17.2 Å². The van der Waals surface area contributed by atoms with Gasteiger partial charge >= 0.3 is 0 Å². The maximum absolute atomic E-state index is 5.17. The normalized spacial score (nSPS) is 11.8. The van der Waals surface area contributed by atoms with Crippen molar-refractivity contribution in [2.24, 2.45) is 0 Å². The second kappa shape index (κ2) is 5.40. The first-order valence-corrected chi connectivity index (χ1v) is 6.27. The van der Waals surface area contributed by atoms with E-state index in [0.717, 1.165) is 10.8 Å². The van der Waals surface area contributed by atoms with Crippen LogP contribution in [0.1, 0.15) is 11.1 Å². The van der Waals surface area contributed by atoms with Gasteiger partial charge in [-0.15, -0.1) is 0 Å². The molecule has 0 spiro atoms. The molecule has 0 unspecified atom stereocenters. The van der Waals surface area contributed by atoms with Crippen molar-refractivity contribution in [1.29, 1.82) is 0 Å². The van der Waals surface area contributed by atoms with Gasteiger partial charge in [0.2, 0.25) is 0 Å². The standard InChI is InChI=1S/C18H14O/c1-2-6-15(7-3-1)8-4-5-9-16-10-11-17-13-19-14-18(17)12-16/h1-14H/b8-4+,9-5+. The van der Waals surface area contributed by atoms with Gasteiger partial charge in [0, 0.05) is 10.8 Å². The zero-order chi connectivity index (χ0) is 12.9. The van der Waals surface area contributed by atoms with Crippen LogP contribution in [0.25, 0.3) is 22.9 Å². The Kier molecular flexibility index (Phi) is 3.28. The Bertz CT molecular complexity index is 718. The van der Waals surface area contributed by atoms with Crippen molar-refractivity contribution >= 4 is 22.9 Å². The number of furan rings is 1. The lowest BCUT2D eigenvalue weighted by Gasteiger charge is -1.92. The van der Waals surface area contributed by atoms with Crippen molar-refractivity contribution in [3.8, 4) is 0 Å². The molecule has 0 atom stereocenters. The number of hydrogen-bond donors (Lipinski definition) is 0. The van der Waals surface area contributed by atoms with Crippen LogP contribution in [-0.4, -0.2) is 0 Å². The minimum Gasteiger partial charge on any atom is -0.471 e. The van der Waals surface area contributed by atoms with Gasteiger partial charge in [-0.1, -0.05) is 66.8 Å². The molecule has 3 aromatic rings. The van der Waals surface area contributed by atoms with Gasteiger partial charge in [0.15, 0.2) is 0 Å². The second-order valence-electron chi connectivity index (χ2n) is 4.39. The van der Waals surface area contributed by atoms with Crippen LogP contribution in [0.15, 0.2) is 77.6 Å². The average Bonchev–Trinajstić information content (AvgIpc) is 2.92. The van der Waals surface area contributed by atoms with Crippen LogP contribution in [-0.2, 0) is 0 Å². The molecule has 0 radical (unpaired) electrons. The van der Waals surface area contributed by atoms with Crippen LogP contribution in [0.3, 0.4) is 0 Å². The molecule has 0 aliphatic carbocycles. The summed E-state index contributed by atoms with van der Waals surface area (Å²) in [6, 6.07) is 16.5. The fourth-order valence-corrected chi connectivity index (χ4v) is 1.98. The second-order valence-corrected chi connectivity index (χ2v) is 4.39. The molecule has 92 valence electrons. The first kappa shape index (κ1) is 11.5. The van der Waals surface area contributed by atoms with Gasteiger partial charge in [0.05, 0.1) is 12.5 Å². The molecule has 19 heavy (non-hydrogen) atoms. The predicted octanol–water partition coefficient (Wildman–Crippen LogP) is 5.16. The van der Waals surface area contributed by atoms with E-state index in [1.54, 1.807) is 12.5 Å². The summed E-state index contributed by atoms with van der Waals surface area (Å²) in [5.41, 5.74) is 2.38. The molecule has 0 bridgehead atoms. The van der Waals surface area contributed by atoms with E-state index in [9.17, 15) is 0 Å². The van der Waals surface area contributed by atoms with Crippen LogP contribution in [0.5, 0.6) is 0 Å². The number of rotatable bonds is 3. The third-order valence-corrected chi connectivity index (χ3v) is 2.99. The maximum Gasteiger partial charge on any atom is 0.0981 e. The molecule has 1 nitrogen and oxygen atoms in total. The van der Waals surface area contributed by atoms with Gasteiger partial charge < -0.3 is 4.42 Å². The number of allylic oxidation sites excluding steroid dienone is 2. The predicted molar refractivity (Wildman–Crippen MR) is 80.7 cm³/mol. The van der Waals surface area contributed by atoms with Gasteiger partial charge in [-0.3, -0.25) is 0 Å². The van der Waals surface area contributed by atoms with E-state index < -0.39 is 0 Å². The molecule has 1 aromatic heterocycles. The Morgan fingerprint density at radius 1 is 0.684 bits per heavy atom. The van der Waals surface area contributed by atoms with E-state index in [1.165, 1.54) is 11.1 Å². The van der Waals surface area contributed by atoms with E-state index in [4.69, 9.17) is 4.42 Å². The summed E-state index contributed by atoms with van der Waals surface area (Å²) in [6.07, 6.45) is 11.8. The van der Waals surface area contributed by atoms with Crippen LogP contribution < -0.4 is 0 Å². The van der Waals surface area contributed by atoms with E-state index in [-0.39, 0.29) is 0 Å². The fraction of sp³-hybridized carbons (Fsp3) is 0. The molecule has 1 heterocycles. The Balaban J connectivity index is 1.73. The fourth-order valence-electron chi connectivity index (χ4n) is 1.98. The largest absolute Gasteiger partial charge is 0.471 e. The Hall–Kier alpha value is -2.54. The van der Waals surface area contributed by atoms with Gasteiger partial charge in [0.25, 0.3) is 0 Å². The molecule has 0 fully saturated rings. The summed E-state index contributed by atoms with van der Waals surface area (Å²) < 4.78 is 5.17. The van der Waals surface area contributed by atoms with E-state index in [1.807, 2.05) is 24.3 Å². The van der Waals surface area contributed by atoms with Crippen molar-refractivity contribution in [3.05, 3.63) is 84.3 Å². The topological polar surface area (TPSA) is 13.1 Å². The molecule has 2 aromatic carbocycles. The molecule has 0 saturated heterocycles. The highest BCUT2D eigenvalue weighted by Crippen LogP contribution is 2.17. The van der Waals surface area contributed by atoms with E-state index in [2.05, 4.69) is 48.6 Å². The van der Waals surface area contributed by atoms with Crippen LogP contribution in [0.2, 0.25) is 0 Å². The minimum absolute atomic E-state index is 1.13. The molecule has 0 aliphatic rings. The molecule has 1 heteroatoms. The summed E-state index contributed by atoms with van der Waals surface area (Å²) >= 11 is 0. The number of hydrogen-bond acceptors (Lipinski definition) is 1. The molecule has 0 N–H and O–H groups in total. The van der Waals surface area contributed by atoms with Crippen molar-refractivity contribution in [2.75, 3.05) is 0 Å². The Morgan fingerprint density at radius 2 is 1.42 bits per heavy atom. The maximum atomic E-state index is 5.17. The lowest BCUT2D eigenvalue weighted by molar-refractivity contribution is 0.572. The Labute approximate surface area is 112 Å². The third kappa shape index (κ3) is 2.83. The van der Waals surface area contributed by atoms with E-state index >= 15 is 0 Å². The smallest absolute Gasteiger partial charge is 0.0981 e. The summed E-state index contributed by atoms with van der Waals surface area (Å²) in [6.45, 7) is 0. The highest BCUT2D eigenvalue weighted by Gasteiger charge is 1.94. The first-order valence-electron chi connectivity index (χ1n) is 6.27. The summed E-state index contributed by atoms with van der Waals surface area (Å²) in [5.74, 6) is 0. The number of benzene rings is 2. The van der Waals surface area contributed by atoms with Crippen LogP contribution >= 0.6 is 0 Å². The SMILES string of the molecule is C(/C=C/c1ccc2cocc2c1)=C\c1ccccc1. The van der Waals surface area contributed by atoms with E-state index in [0.29, 0.717) is 0 Å². The Morgan fingerprint density at radius 3 is 2.26 bits per heavy atom. The molecular weight excluding hydrogens is 232 g/mol. The van der Waals surface area contributed by atoms with Gasteiger partial charge in [0.1, 0.15) is 0 Å². The molecule has 0 saturated carbocycles. The molecule has 3 rings (SSSR count). The summed E-state index contributed by atoms with van der Waals surface area (Å²) in [7, 11) is 0. The van der Waals surface area contributed by atoms with Crippen molar-refractivity contribution in [3.63, 3.8) is 0 Å². The summed E-state index contributed by atoms with van der Waals surface area (Å²) in [5, 5.41) is 2.27. The van der Waals surface area contributed by atoms with Crippen LogP contribution in [0, 0.1) is 0 Å². The quantitative estimate of drug-likeness (QED) is 0.582. The zero-order valence-electron chi connectivity index (χ0n) is 10.5. The highest BCUT2D eigenvalue weighted by atomic mass is 16.3. The van der Waals surface area contributed by atoms with Crippen molar-refractivity contribution in [2.45, 2.75) is 0 Å². The third-order valence-electron chi connectivity index (χ3n) is 2.99. The monoisotopic (exact) mass is 246 g/mol. The highest BCUT2D eigenvalue weighted by molar-refractivity contribution is 5.83. The molecular formula is C18H14O. The van der Waals surface area contributed by atoms with Crippen molar-refractivity contribution < 1.29 is 4.42 Å².